The molecule has 23 heavy (non-hydrogen) atoms. The van der Waals surface area contributed by atoms with Crippen LogP contribution in [0, 0.1) is 18.3 Å². The molecule has 3 aromatic rings. The van der Waals surface area contributed by atoms with Gasteiger partial charge in [-0.1, -0.05) is 13.0 Å². The lowest BCUT2D eigenvalue weighted by atomic mass is 10.00. The van der Waals surface area contributed by atoms with Crippen molar-refractivity contribution in [1.82, 2.24) is 9.38 Å². The van der Waals surface area contributed by atoms with Crippen LogP contribution in [-0.4, -0.2) is 20.3 Å². The first-order valence-electron chi connectivity index (χ1n) is 7.31. The predicted octanol–water partition coefficient (Wildman–Crippen LogP) is 3.01. The number of nitriles is 1. The van der Waals surface area contributed by atoms with E-state index in [2.05, 4.69) is 4.98 Å². The molecule has 2 aromatic heterocycles. The van der Waals surface area contributed by atoms with Gasteiger partial charge in [0.15, 0.2) is 0 Å². The molecule has 5 nitrogen and oxygen atoms in total. The average Bonchev–Trinajstić information content (AvgIpc) is 2.95. The summed E-state index contributed by atoms with van der Waals surface area (Å²) in [7, 11) is 0. The molecule has 0 aliphatic heterocycles. The van der Waals surface area contributed by atoms with Gasteiger partial charge in [-0.3, -0.25) is 9.20 Å². The molecule has 3 rings (SSSR count). The lowest BCUT2D eigenvalue weighted by Crippen LogP contribution is -2.09. The highest BCUT2D eigenvalue weighted by molar-refractivity contribution is 6.09. The molecule has 0 bridgehead atoms. The van der Waals surface area contributed by atoms with E-state index < -0.39 is 0 Å². The molecule has 1 N–H and O–H groups in total. The van der Waals surface area contributed by atoms with Crippen molar-refractivity contribution in [2.45, 2.75) is 20.3 Å². The number of fused-ring (bicyclic) bond motifs is 1. The fourth-order valence-corrected chi connectivity index (χ4v) is 2.66. The highest BCUT2D eigenvalue weighted by Gasteiger charge is 2.21. The highest BCUT2D eigenvalue weighted by atomic mass is 16.3. The summed E-state index contributed by atoms with van der Waals surface area (Å²) >= 11 is 0. The van der Waals surface area contributed by atoms with Gasteiger partial charge in [-0.25, -0.2) is 4.98 Å². The van der Waals surface area contributed by atoms with E-state index in [9.17, 15) is 9.90 Å². The van der Waals surface area contributed by atoms with Crippen LogP contribution in [0.5, 0.6) is 5.75 Å². The van der Waals surface area contributed by atoms with Gasteiger partial charge in [-0.15, -0.1) is 0 Å². The van der Waals surface area contributed by atoms with E-state index in [4.69, 9.17) is 5.26 Å². The van der Waals surface area contributed by atoms with Crippen molar-refractivity contribution in [3.05, 3.63) is 64.6 Å². The minimum atomic E-state index is -0.208. The molecule has 0 amide bonds. The number of hydrogen-bond donors (Lipinski definition) is 1. The topological polar surface area (TPSA) is 78.4 Å². The fourth-order valence-electron chi connectivity index (χ4n) is 2.66. The van der Waals surface area contributed by atoms with Gasteiger partial charge < -0.3 is 5.11 Å². The van der Waals surface area contributed by atoms with E-state index in [0.717, 1.165) is 0 Å². The van der Waals surface area contributed by atoms with E-state index in [0.29, 0.717) is 34.6 Å². The quantitative estimate of drug-likeness (QED) is 0.754. The molecule has 0 saturated heterocycles. The first-order valence-corrected chi connectivity index (χ1v) is 7.31. The minimum absolute atomic E-state index is 0.0853. The molecule has 0 fully saturated rings. The van der Waals surface area contributed by atoms with Crippen LogP contribution in [0.3, 0.4) is 0 Å². The lowest BCUT2D eigenvalue weighted by Gasteiger charge is -2.07. The van der Waals surface area contributed by atoms with E-state index in [-0.39, 0.29) is 17.1 Å². The number of rotatable bonds is 3. The first kappa shape index (κ1) is 14.8. The number of aromatic hydroxyl groups is 1. The number of phenolic OH excluding ortho intramolecular Hbond substituents is 1. The largest absolute Gasteiger partial charge is 0.506 e. The van der Waals surface area contributed by atoms with Crippen LogP contribution in [0.15, 0.2) is 36.5 Å². The van der Waals surface area contributed by atoms with Gasteiger partial charge in [-0.2, -0.15) is 5.26 Å². The third-order valence-electron chi connectivity index (χ3n) is 3.84. The SMILES string of the molecule is CCc1nc2ccccn2c1C(=O)c1cc(C)c(O)c(C#N)c1. The van der Waals surface area contributed by atoms with Crippen molar-refractivity contribution in [2.24, 2.45) is 0 Å². The number of phenols is 1. The van der Waals surface area contributed by atoms with Crippen molar-refractivity contribution in [3.8, 4) is 11.8 Å². The molecule has 0 aliphatic rings. The van der Waals surface area contributed by atoms with Gasteiger partial charge in [0, 0.05) is 11.8 Å². The normalized spacial score (nSPS) is 10.7. The number of imidazole rings is 1. The third-order valence-corrected chi connectivity index (χ3v) is 3.84. The number of aromatic nitrogens is 2. The molecular weight excluding hydrogens is 290 g/mol. The maximum absolute atomic E-state index is 13.0. The number of carbonyl (C=O) groups is 1. The minimum Gasteiger partial charge on any atom is -0.506 e. The van der Waals surface area contributed by atoms with Crippen LogP contribution in [-0.2, 0) is 6.42 Å². The summed E-state index contributed by atoms with van der Waals surface area (Å²) in [5.74, 6) is -0.293. The van der Waals surface area contributed by atoms with Gasteiger partial charge in [0.25, 0.3) is 0 Å². The molecule has 0 aliphatic carbocycles. The molecule has 0 saturated carbocycles. The molecule has 1 aromatic carbocycles. The summed E-state index contributed by atoms with van der Waals surface area (Å²) < 4.78 is 1.76. The van der Waals surface area contributed by atoms with Crippen LogP contribution >= 0.6 is 0 Å². The monoisotopic (exact) mass is 305 g/mol. The van der Waals surface area contributed by atoms with Crippen molar-refractivity contribution in [1.29, 1.82) is 5.26 Å². The van der Waals surface area contributed by atoms with Crippen molar-refractivity contribution in [3.63, 3.8) is 0 Å². The van der Waals surface area contributed by atoms with Gasteiger partial charge in [-0.05, 0) is 43.2 Å². The average molecular weight is 305 g/mol. The first-order chi connectivity index (χ1) is 11.1. The van der Waals surface area contributed by atoms with Crippen LogP contribution in [0.25, 0.3) is 5.65 Å². The Morgan fingerprint density at radius 3 is 2.87 bits per heavy atom. The Morgan fingerprint density at radius 1 is 1.39 bits per heavy atom. The zero-order chi connectivity index (χ0) is 16.6. The van der Waals surface area contributed by atoms with Crippen LogP contribution in [0.2, 0.25) is 0 Å². The Kier molecular flexibility index (Phi) is 3.59. The van der Waals surface area contributed by atoms with E-state index in [1.807, 2.05) is 31.2 Å². The number of pyridine rings is 1. The maximum Gasteiger partial charge on any atom is 0.211 e. The van der Waals surface area contributed by atoms with Crippen LogP contribution < -0.4 is 0 Å². The Labute approximate surface area is 133 Å². The molecular formula is C18H15N3O2. The van der Waals surface area contributed by atoms with Crippen molar-refractivity contribution in [2.75, 3.05) is 0 Å². The van der Waals surface area contributed by atoms with E-state index in [1.54, 1.807) is 23.6 Å². The standard InChI is InChI=1S/C18H15N3O2/c1-3-14-16(21-7-5-4-6-15(21)20-14)18(23)12-8-11(2)17(22)13(9-12)10-19/h4-9,22H,3H2,1-2H3. The Hall–Kier alpha value is -3.13. The summed E-state index contributed by atoms with van der Waals surface area (Å²) in [5.41, 5.74) is 2.89. The van der Waals surface area contributed by atoms with Crippen LogP contribution in [0.4, 0.5) is 0 Å². The molecule has 114 valence electrons. The van der Waals surface area contributed by atoms with Gasteiger partial charge in [0.05, 0.1) is 11.3 Å². The fraction of sp³-hybridized carbons (Fsp3) is 0.167. The van der Waals surface area contributed by atoms with Gasteiger partial charge in [0.1, 0.15) is 23.2 Å². The molecule has 5 heteroatoms. The second-order valence-corrected chi connectivity index (χ2v) is 5.32. The number of hydrogen-bond acceptors (Lipinski definition) is 4. The summed E-state index contributed by atoms with van der Waals surface area (Å²) in [6.45, 7) is 3.61. The number of benzene rings is 1. The molecule has 0 radical (unpaired) electrons. The van der Waals surface area contributed by atoms with Crippen LogP contribution in [0.1, 0.15) is 39.8 Å². The Bertz CT molecular complexity index is 964. The number of ketones is 1. The zero-order valence-electron chi connectivity index (χ0n) is 12.9. The summed E-state index contributed by atoms with van der Waals surface area (Å²) in [6, 6.07) is 10.5. The lowest BCUT2D eigenvalue weighted by molar-refractivity contribution is 0.103. The molecule has 2 heterocycles. The second-order valence-electron chi connectivity index (χ2n) is 5.32. The number of nitrogens with zero attached hydrogens (tertiary/aromatic N) is 3. The third kappa shape index (κ3) is 2.34. The van der Waals surface area contributed by atoms with E-state index in [1.165, 1.54) is 6.07 Å². The summed E-state index contributed by atoms with van der Waals surface area (Å²) in [5, 5.41) is 19.0. The summed E-state index contributed by atoms with van der Waals surface area (Å²) in [6.07, 6.45) is 2.43. The number of aryl methyl sites for hydroxylation is 2. The van der Waals surface area contributed by atoms with E-state index >= 15 is 0 Å². The van der Waals surface area contributed by atoms with Crippen molar-refractivity contribution < 1.29 is 9.90 Å². The number of carbonyl (C=O) groups excluding carboxylic acids is 1. The highest BCUT2D eigenvalue weighted by Crippen LogP contribution is 2.25. The molecule has 0 atom stereocenters. The summed E-state index contributed by atoms with van der Waals surface area (Å²) in [4.78, 5) is 17.5. The Balaban J connectivity index is 2.22. The maximum atomic E-state index is 13.0. The van der Waals surface area contributed by atoms with Crippen molar-refractivity contribution >= 4 is 11.4 Å². The smallest absolute Gasteiger partial charge is 0.211 e. The molecule has 0 spiro atoms. The van der Waals surface area contributed by atoms with Gasteiger partial charge in [0.2, 0.25) is 5.78 Å². The second kappa shape index (κ2) is 5.58. The predicted molar refractivity (Wildman–Crippen MR) is 85.6 cm³/mol. The Morgan fingerprint density at radius 2 is 2.17 bits per heavy atom. The van der Waals surface area contributed by atoms with Gasteiger partial charge >= 0.3 is 0 Å². The zero-order valence-corrected chi connectivity index (χ0v) is 12.9. The molecule has 0 unspecified atom stereocenters.